The number of hydrogen-bond acceptors (Lipinski definition) is 8. The Kier molecular flexibility index (Phi) is 3.73. The zero-order chi connectivity index (χ0) is 15.7. The number of aromatic nitrogens is 1. The van der Waals surface area contributed by atoms with Crippen molar-refractivity contribution in [3.05, 3.63) is 33.7 Å². The molecule has 1 saturated heterocycles. The van der Waals surface area contributed by atoms with E-state index >= 15 is 0 Å². The lowest BCUT2D eigenvalue weighted by atomic mass is 10.1. The summed E-state index contributed by atoms with van der Waals surface area (Å²) in [5, 5.41) is 14.2. The molecule has 1 unspecified atom stereocenters. The minimum absolute atomic E-state index is 0.164. The average Bonchev–Trinajstić information content (AvgIpc) is 2.96. The van der Waals surface area contributed by atoms with Gasteiger partial charge < -0.3 is 19.2 Å². The first kappa shape index (κ1) is 14.4. The van der Waals surface area contributed by atoms with E-state index < -0.39 is 10.9 Å². The Labute approximate surface area is 124 Å². The van der Waals surface area contributed by atoms with E-state index in [1.165, 1.54) is 12.1 Å². The predicted molar refractivity (Wildman–Crippen MR) is 73.6 cm³/mol. The van der Waals surface area contributed by atoms with E-state index in [4.69, 9.17) is 9.15 Å². The smallest absolute Gasteiger partial charge is 0.344 e. The van der Waals surface area contributed by atoms with Crippen molar-refractivity contribution >= 4 is 22.8 Å². The van der Waals surface area contributed by atoms with Crippen molar-refractivity contribution in [2.24, 2.45) is 0 Å². The second-order valence-corrected chi connectivity index (χ2v) is 4.70. The quantitative estimate of drug-likeness (QED) is 0.510. The summed E-state index contributed by atoms with van der Waals surface area (Å²) in [5.41, 5.74) is 0.0194. The summed E-state index contributed by atoms with van der Waals surface area (Å²) in [6.07, 6.45) is -0.359. The lowest BCUT2D eigenvalue weighted by molar-refractivity contribution is -0.385. The summed E-state index contributed by atoms with van der Waals surface area (Å²) in [5.74, 6) is -0.479. The van der Waals surface area contributed by atoms with Gasteiger partial charge in [-0.25, -0.2) is 9.78 Å². The van der Waals surface area contributed by atoms with Crippen LogP contribution in [0.3, 0.4) is 0 Å². The van der Waals surface area contributed by atoms with Gasteiger partial charge in [0.1, 0.15) is 17.2 Å². The molecule has 2 heterocycles. The van der Waals surface area contributed by atoms with Gasteiger partial charge in [0.25, 0.3) is 5.69 Å². The first-order valence-corrected chi connectivity index (χ1v) is 6.59. The van der Waals surface area contributed by atoms with E-state index in [0.29, 0.717) is 24.6 Å². The number of oxazole rings is 1. The normalized spacial score (nSPS) is 18.3. The maximum absolute atomic E-state index is 11.7. The third-order valence-electron chi connectivity index (χ3n) is 3.33. The van der Waals surface area contributed by atoms with Gasteiger partial charge in [-0.05, 0) is 6.07 Å². The number of methoxy groups -OCH3 is 1. The highest BCUT2D eigenvalue weighted by Crippen LogP contribution is 2.29. The Morgan fingerprint density at radius 2 is 2.36 bits per heavy atom. The summed E-state index contributed by atoms with van der Waals surface area (Å²) < 4.78 is 15.6. The van der Waals surface area contributed by atoms with E-state index in [2.05, 4.69) is 15.0 Å². The molecule has 22 heavy (non-hydrogen) atoms. The van der Waals surface area contributed by atoms with Crippen LogP contribution < -0.4 is 5.32 Å². The number of morpholine rings is 1. The van der Waals surface area contributed by atoms with Gasteiger partial charge in [0.15, 0.2) is 5.58 Å². The summed E-state index contributed by atoms with van der Waals surface area (Å²) in [7, 11) is 1.16. The maximum Gasteiger partial charge on any atom is 0.344 e. The second kappa shape index (κ2) is 5.70. The van der Waals surface area contributed by atoms with Crippen LogP contribution in [0.1, 0.15) is 22.4 Å². The fraction of sp³-hybridized carbons (Fsp3) is 0.385. The Morgan fingerprint density at radius 1 is 1.55 bits per heavy atom. The Hall–Kier alpha value is -2.52. The summed E-state index contributed by atoms with van der Waals surface area (Å²) in [4.78, 5) is 26.4. The summed E-state index contributed by atoms with van der Waals surface area (Å²) in [6, 6.07) is 2.47. The standard InChI is InChI=1S/C13H13N3O6/c1-20-13(17)7-4-8-10(5-9(7)16(18)19)22-12(15-8)11-6-14-2-3-21-11/h4-5,11,14H,2-3,6H2,1H3. The molecule has 0 bridgehead atoms. The number of fused-ring (bicyclic) bond motifs is 1. The summed E-state index contributed by atoms with van der Waals surface area (Å²) in [6.45, 7) is 1.81. The van der Waals surface area contributed by atoms with Gasteiger partial charge in [0.2, 0.25) is 5.89 Å². The highest BCUT2D eigenvalue weighted by Gasteiger charge is 2.26. The maximum atomic E-state index is 11.7. The van der Waals surface area contributed by atoms with Crippen molar-refractivity contribution in [2.75, 3.05) is 26.8 Å². The lowest BCUT2D eigenvalue weighted by Gasteiger charge is -2.20. The SMILES string of the molecule is COC(=O)c1cc2nc(C3CNCCO3)oc2cc1[N+](=O)[O-]. The highest BCUT2D eigenvalue weighted by molar-refractivity contribution is 5.98. The molecule has 1 N–H and O–H groups in total. The van der Waals surface area contributed by atoms with E-state index in [0.717, 1.165) is 13.7 Å². The number of rotatable bonds is 3. The van der Waals surface area contributed by atoms with Crippen molar-refractivity contribution in [1.29, 1.82) is 0 Å². The average molecular weight is 307 g/mol. The molecule has 1 aliphatic rings. The largest absolute Gasteiger partial charge is 0.465 e. The molecule has 0 spiro atoms. The van der Waals surface area contributed by atoms with Gasteiger partial charge in [-0.3, -0.25) is 10.1 Å². The number of nitro benzene ring substituents is 1. The van der Waals surface area contributed by atoms with Crippen molar-refractivity contribution in [2.45, 2.75) is 6.10 Å². The highest BCUT2D eigenvalue weighted by atomic mass is 16.6. The van der Waals surface area contributed by atoms with Gasteiger partial charge >= 0.3 is 5.97 Å². The molecule has 9 heteroatoms. The van der Waals surface area contributed by atoms with Gasteiger partial charge in [-0.1, -0.05) is 0 Å². The lowest BCUT2D eigenvalue weighted by Crippen LogP contribution is -2.33. The number of hydrogen-bond donors (Lipinski definition) is 1. The van der Waals surface area contributed by atoms with Gasteiger partial charge in [0, 0.05) is 13.1 Å². The topological polar surface area (TPSA) is 117 Å². The molecule has 0 saturated carbocycles. The Balaban J connectivity index is 2.07. The first-order chi connectivity index (χ1) is 10.6. The molecule has 1 aromatic heterocycles. The van der Waals surface area contributed by atoms with Crippen molar-refractivity contribution in [3.63, 3.8) is 0 Å². The van der Waals surface area contributed by atoms with E-state index in [1.54, 1.807) is 0 Å². The molecule has 1 atom stereocenters. The van der Waals surface area contributed by atoms with Crippen LogP contribution in [0.4, 0.5) is 5.69 Å². The van der Waals surface area contributed by atoms with Crippen molar-refractivity contribution in [3.8, 4) is 0 Å². The van der Waals surface area contributed by atoms with Crippen molar-refractivity contribution < 1.29 is 23.6 Å². The number of nitro groups is 1. The van der Waals surface area contributed by atoms with Gasteiger partial charge in [0.05, 0.1) is 24.7 Å². The molecule has 1 aliphatic heterocycles. The fourth-order valence-corrected chi connectivity index (χ4v) is 2.27. The Bertz CT molecular complexity index is 735. The molecule has 0 amide bonds. The molecular weight excluding hydrogens is 294 g/mol. The zero-order valence-corrected chi connectivity index (χ0v) is 11.7. The molecule has 0 aliphatic carbocycles. The third kappa shape index (κ3) is 2.51. The number of carbonyl (C=O) groups is 1. The second-order valence-electron chi connectivity index (χ2n) is 4.70. The minimum Gasteiger partial charge on any atom is -0.465 e. The van der Waals surface area contributed by atoms with Crippen LogP contribution in [0.15, 0.2) is 16.5 Å². The number of nitrogens with zero attached hydrogens (tertiary/aromatic N) is 2. The number of esters is 1. The number of ether oxygens (including phenoxy) is 2. The van der Waals surface area contributed by atoms with Crippen LogP contribution in [-0.4, -0.2) is 42.7 Å². The summed E-state index contributed by atoms with van der Waals surface area (Å²) >= 11 is 0. The van der Waals surface area contributed by atoms with Crippen molar-refractivity contribution in [1.82, 2.24) is 10.3 Å². The molecule has 1 aromatic carbocycles. The fourth-order valence-electron chi connectivity index (χ4n) is 2.27. The molecule has 116 valence electrons. The molecule has 9 nitrogen and oxygen atoms in total. The van der Waals surface area contributed by atoms with Crippen LogP contribution >= 0.6 is 0 Å². The van der Waals surface area contributed by atoms with E-state index in [9.17, 15) is 14.9 Å². The van der Waals surface area contributed by atoms with Crippen LogP contribution in [0.5, 0.6) is 0 Å². The number of carbonyl (C=O) groups excluding carboxylic acids is 1. The molecule has 3 rings (SSSR count). The molecule has 1 fully saturated rings. The molecule has 2 aromatic rings. The minimum atomic E-state index is -0.797. The predicted octanol–water partition coefficient (Wildman–Crippen LogP) is 1.18. The molecular formula is C13H13N3O6. The van der Waals surface area contributed by atoms with Crippen LogP contribution in [0.2, 0.25) is 0 Å². The van der Waals surface area contributed by atoms with Gasteiger partial charge in [-0.15, -0.1) is 0 Å². The Morgan fingerprint density at radius 3 is 3.00 bits per heavy atom. The van der Waals surface area contributed by atoms with E-state index in [1.807, 2.05) is 0 Å². The zero-order valence-electron chi connectivity index (χ0n) is 11.7. The number of nitrogens with one attached hydrogen (secondary N) is 1. The molecule has 0 radical (unpaired) electrons. The van der Waals surface area contributed by atoms with Gasteiger partial charge in [-0.2, -0.15) is 0 Å². The third-order valence-corrected chi connectivity index (χ3v) is 3.33. The van der Waals surface area contributed by atoms with E-state index in [-0.39, 0.29) is 22.9 Å². The monoisotopic (exact) mass is 307 g/mol. The van der Waals surface area contributed by atoms with Crippen LogP contribution in [-0.2, 0) is 9.47 Å². The number of benzene rings is 1. The first-order valence-electron chi connectivity index (χ1n) is 6.59. The van der Waals surface area contributed by atoms with Crippen LogP contribution in [0, 0.1) is 10.1 Å². The van der Waals surface area contributed by atoms with Crippen LogP contribution in [0.25, 0.3) is 11.1 Å².